The summed E-state index contributed by atoms with van der Waals surface area (Å²) in [5.41, 5.74) is 1.20. The summed E-state index contributed by atoms with van der Waals surface area (Å²) in [6, 6.07) is 4.73. The van der Waals surface area contributed by atoms with Crippen LogP contribution >= 0.6 is 15.9 Å². The summed E-state index contributed by atoms with van der Waals surface area (Å²) in [6.45, 7) is 3.20. The van der Waals surface area contributed by atoms with Crippen molar-refractivity contribution in [3.8, 4) is 11.5 Å². The van der Waals surface area contributed by atoms with Crippen LogP contribution in [0.15, 0.2) is 16.6 Å². The molecule has 1 fully saturated rings. The van der Waals surface area contributed by atoms with Gasteiger partial charge in [-0.05, 0) is 66.6 Å². The Kier molecular flexibility index (Phi) is 5.69. The van der Waals surface area contributed by atoms with Gasteiger partial charge in [-0.1, -0.05) is 0 Å². The van der Waals surface area contributed by atoms with Crippen molar-refractivity contribution in [3.05, 3.63) is 22.2 Å². The molecule has 1 saturated heterocycles. The Balaban J connectivity index is 1.97. The summed E-state index contributed by atoms with van der Waals surface area (Å²) in [4.78, 5) is 2.38. The summed E-state index contributed by atoms with van der Waals surface area (Å²) in [6.07, 6.45) is 2.43. The SMILES string of the molecule is COc1cc(CNC2CCN(C)CC2)cc(Br)c1OC. The minimum atomic E-state index is 0.609. The van der Waals surface area contributed by atoms with Crippen LogP contribution in [-0.2, 0) is 6.54 Å². The predicted molar refractivity (Wildman–Crippen MR) is 84.6 cm³/mol. The maximum absolute atomic E-state index is 5.37. The quantitative estimate of drug-likeness (QED) is 0.891. The molecule has 0 bridgehead atoms. The van der Waals surface area contributed by atoms with E-state index in [-0.39, 0.29) is 0 Å². The number of halogens is 1. The summed E-state index contributed by atoms with van der Waals surface area (Å²) in [5, 5.41) is 3.63. The molecule has 4 nitrogen and oxygen atoms in total. The molecular weight excluding hydrogens is 320 g/mol. The first kappa shape index (κ1) is 15.6. The van der Waals surface area contributed by atoms with Crippen LogP contribution in [0.25, 0.3) is 0 Å². The Bertz CT molecular complexity index is 446. The highest BCUT2D eigenvalue weighted by Crippen LogP contribution is 2.36. The van der Waals surface area contributed by atoms with Gasteiger partial charge in [-0.25, -0.2) is 0 Å². The number of hydrogen-bond acceptors (Lipinski definition) is 4. The fraction of sp³-hybridized carbons (Fsp3) is 0.600. The van der Waals surface area contributed by atoms with E-state index >= 15 is 0 Å². The van der Waals surface area contributed by atoms with Gasteiger partial charge in [0.25, 0.3) is 0 Å². The van der Waals surface area contributed by atoms with Crippen molar-refractivity contribution < 1.29 is 9.47 Å². The highest BCUT2D eigenvalue weighted by molar-refractivity contribution is 9.10. The normalized spacial score (nSPS) is 17.2. The number of likely N-dealkylation sites (tertiary alicyclic amines) is 1. The Morgan fingerprint density at radius 1 is 1.25 bits per heavy atom. The van der Waals surface area contributed by atoms with Gasteiger partial charge in [0.15, 0.2) is 11.5 Å². The zero-order valence-electron chi connectivity index (χ0n) is 12.4. The first-order chi connectivity index (χ1) is 9.63. The highest BCUT2D eigenvalue weighted by atomic mass is 79.9. The molecule has 0 atom stereocenters. The molecule has 0 amide bonds. The van der Waals surface area contributed by atoms with Gasteiger partial charge in [-0.15, -0.1) is 0 Å². The van der Waals surface area contributed by atoms with E-state index in [9.17, 15) is 0 Å². The maximum Gasteiger partial charge on any atom is 0.174 e. The van der Waals surface area contributed by atoms with Crippen LogP contribution in [0.1, 0.15) is 18.4 Å². The average Bonchev–Trinajstić information content (AvgIpc) is 2.46. The van der Waals surface area contributed by atoms with E-state index in [1.165, 1.54) is 31.5 Å². The molecular formula is C15H23BrN2O2. The van der Waals surface area contributed by atoms with Gasteiger partial charge in [0.1, 0.15) is 0 Å². The van der Waals surface area contributed by atoms with Crippen molar-refractivity contribution in [2.75, 3.05) is 34.4 Å². The molecule has 1 aliphatic heterocycles. The predicted octanol–water partition coefficient (Wildman–Crippen LogP) is 2.65. The second kappa shape index (κ2) is 7.29. The third kappa shape index (κ3) is 3.87. The molecule has 1 aliphatic rings. The highest BCUT2D eigenvalue weighted by Gasteiger charge is 2.16. The molecule has 0 aromatic heterocycles. The van der Waals surface area contributed by atoms with Gasteiger partial charge in [-0.3, -0.25) is 0 Å². The molecule has 0 radical (unpaired) electrons. The summed E-state index contributed by atoms with van der Waals surface area (Å²) >= 11 is 3.53. The van der Waals surface area contributed by atoms with Crippen LogP contribution in [-0.4, -0.2) is 45.3 Å². The van der Waals surface area contributed by atoms with E-state index in [1.807, 2.05) is 6.07 Å². The molecule has 20 heavy (non-hydrogen) atoms. The van der Waals surface area contributed by atoms with Gasteiger partial charge in [-0.2, -0.15) is 0 Å². The van der Waals surface area contributed by atoms with Gasteiger partial charge >= 0.3 is 0 Å². The molecule has 0 spiro atoms. The number of nitrogens with zero attached hydrogens (tertiary/aromatic N) is 1. The standard InChI is InChI=1S/C15H23BrN2O2/c1-18-6-4-12(5-7-18)17-10-11-8-13(16)15(20-3)14(9-11)19-2/h8-9,12,17H,4-7,10H2,1-3H3. The fourth-order valence-electron chi connectivity index (χ4n) is 2.55. The van der Waals surface area contributed by atoms with Gasteiger partial charge in [0.05, 0.1) is 18.7 Å². The number of rotatable bonds is 5. The molecule has 1 aromatic rings. The van der Waals surface area contributed by atoms with Crippen LogP contribution in [0, 0.1) is 0 Å². The third-order valence-electron chi connectivity index (χ3n) is 3.81. The second-order valence-corrected chi connectivity index (χ2v) is 6.13. The van der Waals surface area contributed by atoms with Gasteiger partial charge in [0, 0.05) is 12.6 Å². The summed E-state index contributed by atoms with van der Waals surface area (Å²) < 4.78 is 11.6. The lowest BCUT2D eigenvalue weighted by atomic mass is 10.1. The van der Waals surface area contributed by atoms with E-state index in [0.717, 1.165) is 22.5 Å². The fourth-order valence-corrected chi connectivity index (χ4v) is 3.20. The molecule has 1 heterocycles. The van der Waals surface area contributed by atoms with Crippen molar-refractivity contribution >= 4 is 15.9 Å². The Labute approximate surface area is 129 Å². The zero-order valence-corrected chi connectivity index (χ0v) is 14.0. The Morgan fingerprint density at radius 2 is 1.95 bits per heavy atom. The van der Waals surface area contributed by atoms with E-state index < -0.39 is 0 Å². The molecule has 1 aromatic carbocycles. The lowest BCUT2D eigenvalue weighted by Crippen LogP contribution is -2.40. The van der Waals surface area contributed by atoms with E-state index in [1.54, 1.807) is 14.2 Å². The average molecular weight is 343 g/mol. The first-order valence-corrected chi connectivity index (χ1v) is 7.75. The Morgan fingerprint density at radius 3 is 2.55 bits per heavy atom. The number of hydrogen-bond donors (Lipinski definition) is 1. The second-order valence-electron chi connectivity index (χ2n) is 5.27. The van der Waals surface area contributed by atoms with Crippen LogP contribution < -0.4 is 14.8 Å². The van der Waals surface area contributed by atoms with Gasteiger partial charge < -0.3 is 19.7 Å². The van der Waals surface area contributed by atoms with E-state index in [2.05, 4.69) is 39.3 Å². The number of nitrogens with one attached hydrogen (secondary N) is 1. The van der Waals surface area contributed by atoms with Crippen LogP contribution in [0.5, 0.6) is 11.5 Å². The zero-order chi connectivity index (χ0) is 14.5. The van der Waals surface area contributed by atoms with Crippen LogP contribution in [0.4, 0.5) is 0 Å². The minimum absolute atomic E-state index is 0.609. The van der Waals surface area contributed by atoms with E-state index in [0.29, 0.717) is 6.04 Å². The van der Waals surface area contributed by atoms with E-state index in [4.69, 9.17) is 9.47 Å². The smallest absolute Gasteiger partial charge is 0.174 e. The summed E-state index contributed by atoms with van der Waals surface area (Å²) in [5.74, 6) is 1.51. The lowest BCUT2D eigenvalue weighted by Gasteiger charge is -2.29. The number of methoxy groups -OCH3 is 2. The maximum atomic E-state index is 5.37. The molecule has 2 rings (SSSR count). The number of piperidine rings is 1. The number of benzene rings is 1. The largest absolute Gasteiger partial charge is 0.493 e. The molecule has 0 aliphatic carbocycles. The topological polar surface area (TPSA) is 33.7 Å². The van der Waals surface area contributed by atoms with Crippen molar-refractivity contribution in [2.24, 2.45) is 0 Å². The van der Waals surface area contributed by atoms with Crippen LogP contribution in [0.2, 0.25) is 0 Å². The van der Waals surface area contributed by atoms with Gasteiger partial charge in [0.2, 0.25) is 0 Å². The van der Waals surface area contributed by atoms with Crippen molar-refractivity contribution in [2.45, 2.75) is 25.4 Å². The summed E-state index contributed by atoms with van der Waals surface area (Å²) in [7, 11) is 5.50. The minimum Gasteiger partial charge on any atom is -0.493 e. The van der Waals surface area contributed by atoms with Crippen molar-refractivity contribution in [1.29, 1.82) is 0 Å². The van der Waals surface area contributed by atoms with Crippen molar-refractivity contribution in [1.82, 2.24) is 10.2 Å². The Hall–Kier alpha value is -0.780. The molecule has 1 N–H and O–H groups in total. The molecule has 0 unspecified atom stereocenters. The third-order valence-corrected chi connectivity index (χ3v) is 4.40. The molecule has 0 saturated carbocycles. The molecule has 112 valence electrons. The van der Waals surface area contributed by atoms with Crippen molar-refractivity contribution in [3.63, 3.8) is 0 Å². The lowest BCUT2D eigenvalue weighted by molar-refractivity contribution is 0.234. The number of ether oxygens (including phenoxy) is 2. The molecule has 5 heteroatoms. The van der Waals surface area contributed by atoms with Crippen LogP contribution in [0.3, 0.4) is 0 Å². The monoisotopic (exact) mass is 342 g/mol. The first-order valence-electron chi connectivity index (χ1n) is 6.96.